The molecule has 14 heavy (non-hydrogen) atoms. The van der Waals surface area contributed by atoms with E-state index in [0.717, 1.165) is 17.1 Å². The molecule has 0 unspecified atom stereocenters. The Morgan fingerprint density at radius 2 is 1.93 bits per heavy atom. The lowest BCUT2D eigenvalue weighted by Crippen LogP contribution is -2.52. The van der Waals surface area contributed by atoms with Gasteiger partial charge in [0.25, 0.3) is 0 Å². The van der Waals surface area contributed by atoms with Crippen molar-refractivity contribution in [2.75, 3.05) is 13.6 Å². The first kappa shape index (κ1) is 10.2. The summed E-state index contributed by atoms with van der Waals surface area (Å²) in [5, 5.41) is 4.08. The van der Waals surface area contributed by atoms with E-state index < -0.39 is 0 Å². The molecule has 1 aliphatic heterocycles. The molecule has 2 aliphatic rings. The van der Waals surface area contributed by atoms with Gasteiger partial charge >= 0.3 is 0 Å². The lowest BCUT2D eigenvalue weighted by atomic mass is 9.78. The minimum Gasteiger partial charge on any atom is -0.366 e. The summed E-state index contributed by atoms with van der Waals surface area (Å²) in [7, 11) is 1.94. The van der Waals surface area contributed by atoms with Crippen molar-refractivity contribution in [1.82, 2.24) is 10.2 Å². The molecule has 1 N–H and O–H groups in total. The van der Waals surface area contributed by atoms with Crippen molar-refractivity contribution in [2.24, 2.45) is 5.92 Å². The van der Waals surface area contributed by atoms with E-state index in [9.17, 15) is 0 Å². The number of rotatable bonds is 0. The fourth-order valence-electron chi connectivity index (χ4n) is 3.02. The Hall–Kier alpha value is -0.310. The van der Waals surface area contributed by atoms with Gasteiger partial charge in [0.05, 0.1) is 0 Å². The number of fused-ring (bicyclic) bond motifs is 1. The molecule has 2 atom stereocenters. The minimum absolute atomic E-state index is 0.748. The monoisotopic (exact) mass is 212 g/mol. The molecular weight excluding hydrogens is 192 g/mol. The fraction of sp³-hybridized carbons (Fsp3) is 0.909. The number of nitrogens with one attached hydrogen (secondary N) is 1. The van der Waals surface area contributed by atoms with Crippen LogP contribution in [0.15, 0.2) is 0 Å². The van der Waals surface area contributed by atoms with Crippen molar-refractivity contribution in [3.8, 4) is 0 Å². The fourth-order valence-corrected chi connectivity index (χ4v) is 3.25. The SMILES string of the molecule is CNC(=S)N1CCC[C@@H]2CCCC[C@@H]21. The van der Waals surface area contributed by atoms with Crippen molar-refractivity contribution in [2.45, 2.75) is 44.6 Å². The van der Waals surface area contributed by atoms with E-state index in [-0.39, 0.29) is 0 Å². The Labute approximate surface area is 92.0 Å². The van der Waals surface area contributed by atoms with Crippen molar-refractivity contribution in [3.05, 3.63) is 0 Å². The molecule has 0 amide bonds. The highest BCUT2D eigenvalue weighted by Crippen LogP contribution is 2.35. The maximum atomic E-state index is 5.36. The zero-order valence-electron chi connectivity index (χ0n) is 8.96. The second kappa shape index (κ2) is 4.47. The molecule has 0 radical (unpaired) electrons. The lowest BCUT2D eigenvalue weighted by Gasteiger charge is -2.45. The minimum atomic E-state index is 0.748. The van der Waals surface area contributed by atoms with Gasteiger partial charge in [-0.1, -0.05) is 12.8 Å². The molecule has 0 aromatic rings. The highest BCUT2D eigenvalue weighted by Gasteiger charge is 2.33. The predicted octanol–water partition coefficient (Wildman–Crippen LogP) is 2.15. The summed E-state index contributed by atoms with van der Waals surface area (Å²) in [5.41, 5.74) is 0. The van der Waals surface area contributed by atoms with Crippen molar-refractivity contribution >= 4 is 17.3 Å². The number of thiocarbonyl (C=S) groups is 1. The summed E-state index contributed by atoms with van der Waals surface area (Å²) in [5.74, 6) is 0.920. The van der Waals surface area contributed by atoms with E-state index in [1.807, 2.05) is 7.05 Å². The molecule has 1 saturated heterocycles. The van der Waals surface area contributed by atoms with Gasteiger partial charge in [-0.15, -0.1) is 0 Å². The van der Waals surface area contributed by atoms with Gasteiger partial charge in [0.1, 0.15) is 0 Å². The van der Waals surface area contributed by atoms with Gasteiger partial charge in [-0.3, -0.25) is 0 Å². The van der Waals surface area contributed by atoms with Crippen LogP contribution in [-0.4, -0.2) is 29.6 Å². The van der Waals surface area contributed by atoms with E-state index in [2.05, 4.69) is 10.2 Å². The van der Waals surface area contributed by atoms with Gasteiger partial charge in [-0.05, 0) is 43.8 Å². The molecule has 2 fully saturated rings. The maximum absolute atomic E-state index is 5.36. The second-order valence-corrected chi connectivity index (χ2v) is 4.89. The molecule has 0 spiro atoms. The summed E-state index contributed by atoms with van der Waals surface area (Å²) in [6.45, 7) is 1.17. The van der Waals surface area contributed by atoms with Crippen LogP contribution in [0.1, 0.15) is 38.5 Å². The summed E-state index contributed by atoms with van der Waals surface area (Å²) in [6.07, 6.45) is 8.35. The Morgan fingerprint density at radius 1 is 1.21 bits per heavy atom. The molecular formula is C11H20N2S. The maximum Gasteiger partial charge on any atom is 0.168 e. The average molecular weight is 212 g/mol. The highest BCUT2D eigenvalue weighted by atomic mass is 32.1. The van der Waals surface area contributed by atoms with Crippen LogP contribution in [0.5, 0.6) is 0 Å². The molecule has 80 valence electrons. The van der Waals surface area contributed by atoms with Crippen molar-refractivity contribution in [1.29, 1.82) is 0 Å². The van der Waals surface area contributed by atoms with Crippen LogP contribution >= 0.6 is 12.2 Å². The first-order chi connectivity index (χ1) is 6.83. The van der Waals surface area contributed by atoms with Gasteiger partial charge < -0.3 is 10.2 Å². The third-order valence-electron chi connectivity index (χ3n) is 3.72. The second-order valence-electron chi connectivity index (χ2n) is 4.50. The molecule has 2 nitrogen and oxygen atoms in total. The Bertz CT molecular complexity index is 215. The van der Waals surface area contributed by atoms with Gasteiger partial charge in [0.2, 0.25) is 0 Å². The number of piperidine rings is 1. The first-order valence-electron chi connectivity index (χ1n) is 5.81. The molecule has 1 heterocycles. The standard InChI is InChI=1S/C11H20N2S/c1-12-11(14)13-8-4-6-9-5-2-3-7-10(9)13/h9-10H,2-8H2,1H3,(H,12,14)/t9-,10-/m0/s1. The number of hydrogen-bond acceptors (Lipinski definition) is 1. The molecule has 1 saturated carbocycles. The lowest BCUT2D eigenvalue weighted by molar-refractivity contribution is 0.119. The van der Waals surface area contributed by atoms with Gasteiger partial charge in [0.15, 0.2) is 5.11 Å². The number of hydrogen-bond donors (Lipinski definition) is 1. The zero-order chi connectivity index (χ0) is 9.97. The van der Waals surface area contributed by atoms with Gasteiger partial charge in [-0.2, -0.15) is 0 Å². The third kappa shape index (κ3) is 1.88. The molecule has 3 heteroatoms. The van der Waals surface area contributed by atoms with Crippen LogP contribution < -0.4 is 5.32 Å². The van der Waals surface area contributed by atoms with Gasteiger partial charge in [0, 0.05) is 19.6 Å². The third-order valence-corrected chi connectivity index (χ3v) is 4.16. The van der Waals surface area contributed by atoms with Crippen molar-refractivity contribution < 1.29 is 0 Å². The van der Waals surface area contributed by atoms with E-state index in [4.69, 9.17) is 12.2 Å². The smallest absolute Gasteiger partial charge is 0.168 e. The summed E-state index contributed by atoms with van der Waals surface area (Å²) in [4.78, 5) is 2.43. The van der Waals surface area contributed by atoms with Crippen LogP contribution in [0.3, 0.4) is 0 Å². The normalized spacial score (nSPS) is 32.2. The Kier molecular flexibility index (Phi) is 3.26. The van der Waals surface area contributed by atoms with E-state index in [1.165, 1.54) is 45.1 Å². The predicted molar refractivity (Wildman–Crippen MR) is 63.3 cm³/mol. The summed E-state index contributed by atoms with van der Waals surface area (Å²) in [6, 6.07) is 0.748. The van der Waals surface area contributed by atoms with Crippen LogP contribution in [0.25, 0.3) is 0 Å². The molecule has 0 bridgehead atoms. The molecule has 2 rings (SSSR count). The average Bonchev–Trinajstić information content (AvgIpc) is 2.27. The molecule has 1 aliphatic carbocycles. The van der Waals surface area contributed by atoms with Crippen LogP contribution in [0.4, 0.5) is 0 Å². The summed E-state index contributed by atoms with van der Waals surface area (Å²) < 4.78 is 0. The van der Waals surface area contributed by atoms with E-state index in [1.54, 1.807) is 0 Å². The van der Waals surface area contributed by atoms with E-state index >= 15 is 0 Å². The number of likely N-dealkylation sites (tertiary alicyclic amines) is 1. The highest BCUT2D eigenvalue weighted by molar-refractivity contribution is 7.80. The molecule has 0 aromatic heterocycles. The topological polar surface area (TPSA) is 15.3 Å². The number of nitrogens with zero attached hydrogens (tertiary/aromatic N) is 1. The zero-order valence-corrected chi connectivity index (χ0v) is 9.78. The quantitative estimate of drug-likeness (QED) is 0.619. The summed E-state index contributed by atoms with van der Waals surface area (Å²) >= 11 is 5.36. The van der Waals surface area contributed by atoms with Crippen LogP contribution in [0.2, 0.25) is 0 Å². The van der Waals surface area contributed by atoms with Crippen LogP contribution in [0, 0.1) is 5.92 Å². The van der Waals surface area contributed by atoms with E-state index in [0.29, 0.717) is 0 Å². The Balaban J connectivity index is 2.04. The first-order valence-corrected chi connectivity index (χ1v) is 6.22. The largest absolute Gasteiger partial charge is 0.366 e. The van der Waals surface area contributed by atoms with Crippen molar-refractivity contribution in [3.63, 3.8) is 0 Å². The van der Waals surface area contributed by atoms with Gasteiger partial charge in [-0.25, -0.2) is 0 Å². The molecule has 0 aromatic carbocycles. The Morgan fingerprint density at radius 3 is 2.71 bits per heavy atom. The van der Waals surface area contributed by atoms with Crippen LogP contribution in [-0.2, 0) is 0 Å².